The van der Waals surface area contributed by atoms with E-state index in [1.165, 1.54) is 6.20 Å². The molecule has 3 rings (SSSR count). The molecule has 1 spiro atoms. The summed E-state index contributed by atoms with van der Waals surface area (Å²) in [6, 6.07) is 3.30. The molecule has 2 saturated heterocycles. The van der Waals surface area contributed by atoms with Gasteiger partial charge >= 0.3 is 0 Å². The summed E-state index contributed by atoms with van der Waals surface area (Å²) in [6.45, 7) is 3.25. The van der Waals surface area contributed by atoms with Crippen LogP contribution in [0.1, 0.15) is 25.7 Å². The van der Waals surface area contributed by atoms with Gasteiger partial charge < -0.3 is 5.32 Å². The second-order valence-electron chi connectivity index (χ2n) is 5.91. The Bertz CT molecular complexity index is 548. The Kier molecular flexibility index (Phi) is 3.79. The SMILES string of the molecule is O=S(=O)(c1cccnc1)N1CCCC2(CCCNC2)C1. The number of aromatic nitrogens is 1. The van der Waals surface area contributed by atoms with Gasteiger partial charge in [-0.2, -0.15) is 4.31 Å². The van der Waals surface area contributed by atoms with Crippen molar-refractivity contribution in [2.24, 2.45) is 5.41 Å². The summed E-state index contributed by atoms with van der Waals surface area (Å²) in [5, 5.41) is 3.42. The zero-order valence-corrected chi connectivity index (χ0v) is 12.4. The van der Waals surface area contributed by atoms with Crippen molar-refractivity contribution in [1.82, 2.24) is 14.6 Å². The molecule has 1 unspecified atom stereocenters. The van der Waals surface area contributed by atoms with E-state index in [4.69, 9.17) is 0 Å². The van der Waals surface area contributed by atoms with Gasteiger partial charge in [-0.25, -0.2) is 8.42 Å². The van der Waals surface area contributed by atoms with Crippen LogP contribution in [-0.4, -0.2) is 43.9 Å². The molecule has 1 N–H and O–H groups in total. The third-order valence-electron chi connectivity index (χ3n) is 4.46. The maximum Gasteiger partial charge on any atom is 0.244 e. The van der Waals surface area contributed by atoms with E-state index in [-0.39, 0.29) is 5.41 Å². The number of pyridine rings is 1. The lowest BCUT2D eigenvalue weighted by molar-refractivity contribution is 0.110. The number of nitrogens with zero attached hydrogens (tertiary/aromatic N) is 2. The average molecular weight is 295 g/mol. The van der Waals surface area contributed by atoms with E-state index in [9.17, 15) is 8.42 Å². The van der Waals surface area contributed by atoms with Gasteiger partial charge in [-0.05, 0) is 49.8 Å². The van der Waals surface area contributed by atoms with E-state index >= 15 is 0 Å². The lowest BCUT2D eigenvalue weighted by Gasteiger charge is -2.44. The van der Waals surface area contributed by atoms with Gasteiger partial charge in [0.25, 0.3) is 0 Å². The Hall–Kier alpha value is -0.980. The fourth-order valence-corrected chi connectivity index (χ4v) is 4.95. The molecule has 6 heteroatoms. The average Bonchev–Trinajstić information content (AvgIpc) is 2.49. The van der Waals surface area contributed by atoms with Crippen LogP contribution in [0.25, 0.3) is 0 Å². The first-order valence-corrected chi connectivity index (χ1v) is 8.67. The minimum Gasteiger partial charge on any atom is -0.316 e. The lowest BCUT2D eigenvalue weighted by atomic mass is 9.75. The molecule has 0 saturated carbocycles. The van der Waals surface area contributed by atoms with Gasteiger partial charge in [0, 0.05) is 32.0 Å². The van der Waals surface area contributed by atoms with Gasteiger partial charge in [-0.1, -0.05) is 0 Å². The van der Waals surface area contributed by atoms with E-state index < -0.39 is 10.0 Å². The van der Waals surface area contributed by atoms with Crippen molar-refractivity contribution in [1.29, 1.82) is 0 Å². The van der Waals surface area contributed by atoms with Crippen LogP contribution in [0.4, 0.5) is 0 Å². The van der Waals surface area contributed by atoms with Gasteiger partial charge in [0.1, 0.15) is 4.90 Å². The summed E-state index contributed by atoms with van der Waals surface area (Å²) in [6.07, 6.45) is 7.37. The van der Waals surface area contributed by atoms with E-state index in [1.54, 1.807) is 22.6 Å². The molecule has 2 aliphatic rings. The van der Waals surface area contributed by atoms with Crippen molar-refractivity contribution < 1.29 is 8.42 Å². The maximum absolute atomic E-state index is 12.7. The predicted octanol–water partition coefficient (Wildman–Crippen LogP) is 1.24. The molecule has 0 aromatic carbocycles. The van der Waals surface area contributed by atoms with Crippen LogP contribution in [0, 0.1) is 5.41 Å². The molecule has 5 nitrogen and oxygen atoms in total. The molecule has 0 radical (unpaired) electrons. The van der Waals surface area contributed by atoms with Crippen molar-refractivity contribution >= 4 is 10.0 Å². The molecule has 1 atom stereocenters. The Morgan fingerprint density at radius 1 is 1.30 bits per heavy atom. The topological polar surface area (TPSA) is 62.3 Å². The van der Waals surface area contributed by atoms with Crippen LogP contribution in [0.2, 0.25) is 0 Å². The molecule has 1 aromatic rings. The summed E-state index contributed by atoms with van der Waals surface area (Å²) in [4.78, 5) is 4.24. The quantitative estimate of drug-likeness (QED) is 0.891. The first kappa shape index (κ1) is 14.0. The Morgan fingerprint density at radius 2 is 2.15 bits per heavy atom. The molecule has 110 valence electrons. The van der Waals surface area contributed by atoms with E-state index in [0.29, 0.717) is 18.0 Å². The molecule has 2 aliphatic heterocycles. The smallest absolute Gasteiger partial charge is 0.244 e. The minimum absolute atomic E-state index is 0.131. The highest BCUT2D eigenvalue weighted by molar-refractivity contribution is 7.89. The zero-order chi connectivity index (χ0) is 14.1. The number of nitrogens with one attached hydrogen (secondary N) is 1. The highest BCUT2D eigenvalue weighted by Gasteiger charge is 2.40. The molecule has 0 bridgehead atoms. The van der Waals surface area contributed by atoms with E-state index in [1.807, 2.05) is 0 Å². The third kappa shape index (κ3) is 2.60. The number of sulfonamides is 1. The summed E-state index contributed by atoms with van der Waals surface area (Å²) in [5.74, 6) is 0. The molecular formula is C14H21N3O2S. The molecule has 0 aliphatic carbocycles. The normalized spacial score (nSPS) is 28.6. The molecule has 3 heterocycles. The first-order chi connectivity index (χ1) is 9.62. The highest BCUT2D eigenvalue weighted by atomic mass is 32.2. The Balaban J connectivity index is 1.83. The zero-order valence-electron chi connectivity index (χ0n) is 11.6. The van der Waals surface area contributed by atoms with Crippen LogP contribution in [0.3, 0.4) is 0 Å². The monoisotopic (exact) mass is 295 g/mol. The van der Waals surface area contributed by atoms with Crippen LogP contribution >= 0.6 is 0 Å². The molecule has 20 heavy (non-hydrogen) atoms. The van der Waals surface area contributed by atoms with Crippen molar-refractivity contribution in [3.63, 3.8) is 0 Å². The highest BCUT2D eigenvalue weighted by Crippen LogP contribution is 2.37. The fourth-order valence-electron chi connectivity index (χ4n) is 3.40. The van der Waals surface area contributed by atoms with Crippen molar-refractivity contribution in [3.8, 4) is 0 Å². The van der Waals surface area contributed by atoms with E-state index in [0.717, 1.165) is 38.8 Å². The van der Waals surface area contributed by atoms with Gasteiger partial charge in [-0.15, -0.1) is 0 Å². The largest absolute Gasteiger partial charge is 0.316 e. The minimum atomic E-state index is -3.39. The Labute approximate surface area is 120 Å². The van der Waals surface area contributed by atoms with Gasteiger partial charge in [0.05, 0.1) is 0 Å². The molecule has 1 aromatic heterocycles. The van der Waals surface area contributed by atoms with Gasteiger partial charge in [0.15, 0.2) is 0 Å². The molecule has 0 amide bonds. The molecule has 2 fully saturated rings. The standard InChI is InChI=1S/C14H21N3O2S/c18-20(19,13-4-1-7-15-10-13)17-9-3-6-14(12-17)5-2-8-16-11-14/h1,4,7,10,16H,2-3,5-6,8-9,11-12H2. The summed E-state index contributed by atoms with van der Waals surface area (Å²) >= 11 is 0. The van der Waals surface area contributed by atoms with Crippen LogP contribution in [-0.2, 0) is 10.0 Å². The van der Waals surface area contributed by atoms with Crippen molar-refractivity contribution in [2.45, 2.75) is 30.6 Å². The summed E-state index contributed by atoms with van der Waals surface area (Å²) in [5.41, 5.74) is 0.131. The predicted molar refractivity (Wildman–Crippen MR) is 76.8 cm³/mol. The number of hydrogen-bond donors (Lipinski definition) is 1. The van der Waals surface area contributed by atoms with Crippen molar-refractivity contribution in [3.05, 3.63) is 24.5 Å². The number of rotatable bonds is 2. The maximum atomic E-state index is 12.7. The fraction of sp³-hybridized carbons (Fsp3) is 0.643. The number of piperidine rings is 2. The summed E-state index contributed by atoms with van der Waals surface area (Å²) < 4.78 is 27.0. The van der Waals surface area contributed by atoms with Crippen LogP contribution < -0.4 is 5.32 Å². The van der Waals surface area contributed by atoms with Gasteiger partial charge in [0.2, 0.25) is 10.0 Å². The second-order valence-corrected chi connectivity index (χ2v) is 7.85. The van der Waals surface area contributed by atoms with Crippen molar-refractivity contribution in [2.75, 3.05) is 26.2 Å². The lowest BCUT2D eigenvalue weighted by Crippen LogP contribution is -2.52. The van der Waals surface area contributed by atoms with Crippen LogP contribution in [0.15, 0.2) is 29.4 Å². The Morgan fingerprint density at radius 3 is 2.85 bits per heavy atom. The third-order valence-corrected chi connectivity index (χ3v) is 6.29. The van der Waals surface area contributed by atoms with Crippen LogP contribution in [0.5, 0.6) is 0 Å². The molecular weight excluding hydrogens is 274 g/mol. The first-order valence-electron chi connectivity index (χ1n) is 7.23. The second kappa shape index (κ2) is 5.42. The van der Waals surface area contributed by atoms with Gasteiger partial charge in [-0.3, -0.25) is 4.98 Å². The van der Waals surface area contributed by atoms with E-state index in [2.05, 4.69) is 10.3 Å². The summed E-state index contributed by atoms with van der Waals surface area (Å²) in [7, 11) is -3.39. The number of hydrogen-bond acceptors (Lipinski definition) is 4.